The Morgan fingerprint density at radius 1 is 1.04 bits per heavy atom. The normalized spacial score (nSPS) is 11.1. The number of benzene rings is 3. The number of aryl methyl sites for hydroxylation is 2. The van der Waals surface area contributed by atoms with Crippen LogP contribution in [0.2, 0.25) is 5.02 Å². The molecule has 0 heterocycles. The van der Waals surface area contributed by atoms with Crippen molar-refractivity contribution in [2.75, 3.05) is 0 Å². The van der Waals surface area contributed by atoms with Crippen molar-refractivity contribution >= 4 is 39.4 Å². The van der Waals surface area contributed by atoms with Crippen LogP contribution in [0.1, 0.15) is 22.3 Å². The zero-order chi connectivity index (χ0) is 18.5. The van der Waals surface area contributed by atoms with Crippen LogP contribution in [-0.4, -0.2) is 6.21 Å². The largest absolute Gasteiger partial charge is 0.488 e. The van der Waals surface area contributed by atoms with Crippen molar-refractivity contribution in [3.8, 4) is 5.75 Å². The number of halogens is 2. The third-order valence-electron chi connectivity index (χ3n) is 4.02. The summed E-state index contributed by atoms with van der Waals surface area (Å²) < 4.78 is 6.98. The van der Waals surface area contributed by atoms with E-state index in [-0.39, 0.29) is 0 Å². The highest BCUT2D eigenvalue weighted by atomic mass is 79.9. The molecule has 3 rings (SSSR count). The van der Waals surface area contributed by atoms with E-state index in [4.69, 9.17) is 16.3 Å². The molecule has 0 bridgehead atoms. The molecule has 26 heavy (non-hydrogen) atoms. The molecule has 0 aliphatic heterocycles. The van der Waals surface area contributed by atoms with Crippen molar-refractivity contribution in [2.45, 2.75) is 20.5 Å². The Balaban J connectivity index is 1.85. The molecule has 0 saturated heterocycles. The summed E-state index contributed by atoms with van der Waals surface area (Å²) in [6.45, 7) is 4.53. The minimum absolute atomic E-state index is 0.408. The maximum Gasteiger partial charge on any atom is 0.128 e. The molecule has 0 aliphatic carbocycles. The predicted octanol–water partition coefficient (Wildman–Crippen LogP) is 7.05. The maximum atomic E-state index is 6.22. The first kappa shape index (κ1) is 18.7. The molecule has 0 N–H and O–H groups in total. The average molecular weight is 429 g/mol. The smallest absolute Gasteiger partial charge is 0.128 e. The summed E-state index contributed by atoms with van der Waals surface area (Å²) in [6.07, 6.45) is 1.84. The lowest BCUT2D eigenvalue weighted by atomic mass is 10.1. The van der Waals surface area contributed by atoms with Crippen LogP contribution in [0.15, 0.2) is 70.1 Å². The lowest BCUT2D eigenvalue weighted by molar-refractivity contribution is 0.306. The second-order valence-corrected chi connectivity index (χ2v) is 7.43. The predicted molar refractivity (Wildman–Crippen MR) is 113 cm³/mol. The van der Waals surface area contributed by atoms with E-state index < -0.39 is 0 Å². The fourth-order valence-electron chi connectivity index (χ4n) is 2.52. The molecule has 2 nitrogen and oxygen atoms in total. The van der Waals surface area contributed by atoms with Gasteiger partial charge in [0.2, 0.25) is 0 Å². The third-order valence-corrected chi connectivity index (χ3v) is 4.88. The van der Waals surface area contributed by atoms with E-state index in [1.165, 1.54) is 5.56 Å². The lowest BCUT2D eigenvalue weighted by Gasteiger charge is -2.11. The molecule has 0 amide bonds. The summed E-state index contributed by atoms with van der Waals surface area (Å²) in [5.41, 5.74) is 5.15. The topological polar surface area (TPSA) is 21.6 Å². The van der Waals surface area contributed by atoms with Crippen molar-refractivity contribution < 1.29 is 4.74 Å². The monoisotopic (exact) mass is 427 g/mol. The summed E-state index contributed by atoms with van der Waals surface area (Å²) in [4.78, 5) is 4.66. The van der Waals surface area contributed by atoms with Crippen LogP contribution in [0.4, 0.5) is 5.69 Å². The lowest BCUT2D eigenvalue weighted by Crippen LogP contribution is -1.99. The van der Waals surface area contributed by atoms with Gasteiger partial charge in [-0.2, -0.15) is 0 Å². The van der Waals surface area contributed by atoms with Gasteiger partial charge in [-0.25, -0.2) is 0 Å². The average Bonchev–Trinajstić information content (AvgIpc) is 2.63. The van der Waals surface area contributed by atoms with E-state index in [0.717, 1.165) is 32.6 Å². The highest BCUT2D eigenvalue weighted by molar-refractivity contribution is 9.10. The fraction of sp³-hybridized carbons (Fsp3) is 0.136. The van der Waals surface area contributed by atoms with Crippen molar-refractivity contribution in [2.24, 2.45) is 4.99 Å². The first-order chi connectivity index (χ1) is 12.5. The molecule has 0 aliphatic rings. The van der Waals surface area contributed by atoms with Crippen LogP contribution in [0.5, 0.6) is 5.75 Å². The van der Waals surface area contributed by atoms with Crippen LogP contribution in [-0.2, 0) is 6.61 Å². The second-order valence-electron chi connectivity index (χ2n) is 6.11. The van der Waals surface area contributed by atoms with Gasteiger partial charge < -0.3 is 4.74 Å². The summed E-state index contributed by atoms with van der Waals surface area (Å²) in [7, 11) is 0. The molecule has 0 aromatic heterocycles. The number of nitrogens with zero attached hydrogens (tertiary/aromatic N) is 1. The van der Waals surface area contributed by atoms with Gasteiger partial charge in [0.15, 0.2) is 0 Å². The molecule has 0 radical (unpaired) electrons. The molecule has 3 aromatic rings. The van der Waals surface area contributed by atoms with Crippen LogP contribution >= 0.6 is 27.5 Å². The second kappa shape index (κ2) is 8.52. The minimum atomic E-state index is 0.408. The summed E-state index contributed by atoms with van der Waals surface area (Å²) >= 11 is 9.73. The van der Waals surface area contributed by atoms with Gasteiger partial charge in [-0.15, -0.1) is 0 Å². The Hall–Kier alpha value is -2.10. The molecule has 0 spiro atoms. The van der Waals surface area contributed by atoms with Crippen molar-refractivity contribution in [1.82, 2.24) is 0 Å². The van der Waals surface area contributed by atoms with Gasteiger partial charge in [0.1, 0.15) is 12.4 Å². The van der Waals surface area contributed by atoms with Crippen molar-refractivity contribution in [3.63, 3.8) is 0 Å². The molecular formula is C22H19BrClNO. The Bertz CT molecular complexity index is 953. The van der Waals surface area contributed by atoms with Crippen LogP contribution in [0.3, 0.4) is 0 Å². The SMILES string of the molecule is Cc1ccc(C)c(N=Cc2cc(Br)ccc2OCc2ccccc2Cl)c1. The molecule has 132 valence electrons. The summed E-state index contributed by atoms with van der Waals surface area (Å²) in [5, 5.41) is 0.704. The number of aliphatic imine (C=N–C) groups is 1. The number of ether oxygens (including phenoxy) is 1. The first-order valence-electron chi connectivity index (χ1n) is 8.30. The Labute approximate surface area is 167 Å². The standard InChI is InChI=1S/C22H19BrClNO/c1-15-7-8-16(2)21(11-15)25-13-18-12-19(23)9-10-22(18)26-14-17-5-3-4-6-20(17)24/h3-13H,14H2,1-2H3. The van der Waals surface area contributed by atoms with E-state index in [9.17, 15) is 0 Å². The fourth-order valence-corrected chi connectivity index (χ4v) is 3.09. The van der Waals surface area contributed by atoms with Gasteiger partial charge in [-0.3, -0.25) is 4.99 Å². The van der Waals surface area contributed by atoms with E-state index >= 15 is 0 Å². The minimum Gasteiger partial charge on any atom is -0.488 e. The Morgan fingerprint density at radius 2 is 1.85 bits per heavy atom. The first-order valence-corrected chi connectivity index (χ1v) is 9.47. The Morgan fingerprint density at radius 3 is 2.65 bits per heavy atom. The molecule has 4 heteroatoms. The Kier molecular flexibility index (Phi) is 6.12. The van der Waals surface area contributed by atoms with Gasteiger partial charge in [0.05, 0.1) is 5.69 Å². The van der Waals surface area contributed by atoms with Gasteiger partial charge in [-0.1, -0.05) is 57.9 Å². The van der Waals surface area contributed by atoms with Crippen molar-refractivity contribution in [1.29, 1.82) is 0 Å². The van der Waals surface area contributed by atoms with Crippen LogP contribution in [0, 0.1) is 13.8 Å². The van der Waals surface area contributed by atoms with Crippen LogP contribution in [0.25, 0.3) is 0 Å². The number of hydrogen-bond donors (Lipinski definition) is 0. The van der Waals surface area contributed by atoms with E-state index in [1.807, 2.05) is 48.7 Å². The quantitative estimate of drug-likeness (QED) is 0.399. The summed E-state index contributed by atoms with van der Waals surface area (Å²) in [6, 6.07) is 19.8. The molecular weight excluding hydrogens is 410 g/mol. The molecule has 0 unspecified atom stereocenters. The zero-order valence-electron chi connectivity index (χ0n) is 14.7. The van der Waals surface area contributed by atoms with Gasteiger partial charge >= 0.3 is 0 Å². The summed E-state index contributed by atoms with van der Waals surface area (Å²) in [5.74, 6) is 0.766. The molecule has 0 fully saturated rings. The van der Waals surface area contributed by atoms with Crippen molar-refractivity contribution in [3.05, 3.63) is 92.4 Å². The molecule has 3 aromatic carbocycles. The number of hydrogen-bond acceptors (Lipinski definition) is 2. The van der Waals surface area contributed by atoms with E-state index in [1.54, 1.807) is 0 Å². The van der Waals surface area contributed by atoms with Gasteiger partial charge in [0.25, 0.3) is 0 Å². The van der Waals surface area contributed by atoms with Gasteiger partial charge in [0, 0.05) is 26.8 Å². The molecule has 0 saturated carbocycles. The van der Waals surface area contributed by atoms with E-state index in [2.05, 4.69) is 53.0 Å². The highest BCUT2D eigenvalue weighted by Gasteiger charge is 2.06. The molecule has 0 atom stereocenters. The maximum absolute atomic E-state index is 6.22. The third kappa shape index (κ3) is 4.75. The van der Waals surface area contributed by atoms with Crippen LogP contribution < -0.4 is 4.74 Å². The number of rotatable bonds is 5. The van der Waals surface area contributed by atoms with E-state index in [0.29, 0.717) is 11.6 Å². The van der Waals surface area contributed by atoms with Gasteiger partial charge in [-0.05, 0) is 55.3 Å². The highest BCUT2D eigenvalue weighted by Crippen LogP contribution is 2.26. The zero-order valence-corrected chi connectivity index (χ0v) is 17.0.